The fraction of sp³-hybridized carbons (Fsp3) is 0.400. The fourth-order valence-corrected chi connectivity index (χ4v) is 1.54. The number of benzene rings is 1. The van der Waals surface area contributed by atoms with Gasteiger partial charge in [-0.1, -0.05) is 0 Å². The van der Waals surface area contributed by atoms with Crippen LogP contribution in [0.15, 0.2) is 12.1 Å². The van der Waals surface area contributed by atoms with Crippen LogP contribution >= 0.6 is 0 Å². The van der Waals surface area contributed by atoms with Gasteiger partial charge in [0.1, 0.15) is 5.75 Å². The monoisotopic (exact) mass is 182 g/mol. The van der Waals surface area contributed by atoms with Crippen LogP contribution in [-0.4, -0.2) is 13.7 Å². The van der Waals surface area contributed by atoms with E-state index < -0.39 is 0 Å². The lowest BCUT2D eigenvalue weighted by molar-refractivity contribution is 0.280. The first-order valence-corrected chi connectivity index (χ1v) is 4.31. The molecule has 3 heteroatoms. The van der Waals surface area contributed by atoms with E-state index in [2.05, 4.69) is 0 Å². The SMILES string of the molecule is COc1ccc2c(c1F)CCCO2. The molecule has 0 aliphatic carbocycles. The first-order valence-electron chi connectivity index (χ1n) is 4.31. The maximum atomic E-state index is 13.5. The van der Waals surface area contributed by atoms with Gasteiger partial charge in [0, 0.05) is 5.56 Å². The van der Waals surface area contributed by atoms with Gasteiger partial charge in [0.25, 0.3) is 0 Å². The maximum absolute atomic E-state index is 13.5. The van der Waals surface area contributed by atoms with E-state index in [0.29, 0.717) is 23.7 Å². The van der Waals surface area contributed by atoms with Gasteiger partial charge >= 0.3 is 0 Å². The van der Waals surface area contributed by atoms with Crippen molar-refractivity contribution >= 4 is 0 Å². The second-order valence-corrected chi connectivity index (χ2v) is 3.01. The van der Waals surface area contributed by atoms with Crippen LogP contribution < -0.4 is 9.47 Å². The van der Waals surface area contributed by atoms with Crippen molar-refractivity contribution in [2.24, 2.45) is 0 Å². The Balaban J connectivity index is 2.48. The molecule has 13 heavy (non-hydrogen) atoms. The Morgan fingerprint density at radius 3 is 3.08 bits per heavy atom. The molecule has 0 N–H and O–H groups in total. The molecule has 0 radical (unpaired) electrons. The van der Waals surface area contributed by atoms with Crippen molar-refractivity contribution < 1.29 is 13.9 Å². The molecule has 0 saturated carbocycles. The highest BCUT2D eigenvalue weighted by Crippen LogP contribution is 2.32. The van der Waals surface area contributed by atoms with Crippen LogP contribution in [0.2, 0.25) is 0 Å². The summed E-state index contributed by atoms with van der Waals surface area (Å²) in [5.74, 6) is 0.675. The Morgan fingerprint density at radius 2 is 2.31 bits per heavy atom. The molecule has 0 saturated heterocycles. The number of rotatable bonds is 1. The summed E-state index contributed by atoms with van der Waals surface area (Å²) in [5, 5.41) is 0. The normalized spacial score (nSPS) is 14.6. The van der Waals surface area contributed by atoms with E-state index in [0.717, 1.165) is 12.8 Å². The molecule has 0 fully saturated rings. The molecule has 0 bridgehead atoms. The quantitative estimate of drug-likeness (QED) is 0.662. The molecular weight excluding hydrogens is 171 g/mol. The van der Waals surface area contributed by atoms with Crippen LogP contribution in [-0.2, 0) is 6.42 Å². The van der Waals surface area contributed by atoms with Gasteiger partial charge in [-0.3, -0.25) is 0 Å². The largest absolute Gasteiger partial charge is 0.494 e. The van der Waals surface area contributed by atoms with Gasteiger partial charge in [-0.25, -0.2) is 4.39 Å². The number of hydrogen-bond acceptors (Lipinski definition) is 2. The number of fused-ring (bicyclic) bond motifs is 1. The van der Waals surface area contributed by atoms with Gasteiger partial charge in [-0.2, -0.15) is 0 Å². The van der Waals surface area contributed by atoms with E-state index in [-0.39, 0.29) is 5.82 Å². The number of ether oxygens (including phenoxy) is 2. The highest BCUT2D eigenvalue weighted by atomic mass is 19.1. The minimum absolute atomic E-state index is 0.278. The molecule has 2 rings (SSSR count). The topological polar surface area (TPSA) is 18.5 Å². The number of hydrogen-bond donors (Lipinski definition) is 0. The molecule has 70 valence electrons. The van der Waals surface area contributed by atoms with Crippen molar-refractivity contribution in [3.05, 3.63) is 23.5 Å². The zero-order chi connectivity index (χ0) is 9.26. The molecule has 0 unspecified atom stereocenters. The van der Waals surface area contributed by atoms with Gasteiger partial charge in [-0.15, -0.1) is 0 Å². The zero-order valence-corrected chi connectivity index (χ0v) is 7.47. The molecule has 1 heterocycles. The summed E-state index contributed by atoms with van der Waals surface area (Å²) in [7, 11) is 1.47. The van der Waals surface area contributed by atoms with Crippen molar-refractivity contribution in [3.8, 4) is 11.5 Å². The average molecular weight is 182 g/mol. The molecule has 0 spiro atoms. The van der Waals surface area contributed by atoms with Crippen LogP contribution in [0.4, 0.5) is 4.39 Å². The fourth-order valence-electron chi connectivity index (χ4n) is 1.54. The summed E-state index contributed by atoms with van der Waals surface area (Å²) in [6, 6.07) is 3.36. The third kappa shape index (κ3) is 1.34. The van der Waals surface area contributed by atoms with Crippen LogP contribution in [0.25, 0.3) is 0 Å². The standard InChI is InChI=1S/C10H11FO2/c1-12-9-5-4-8-7(10(9)11)3-2-6-13-8/h4-5H,2-3,6H2,1H3. The number of halogens is 1. The third-order valence-electron chi connectivity index (χ3n) is 2.21. The van der Waals surface area contributed by atoms with Gasteiger partial charge in [0.15, 0.2) is 11.6 Å². The van der Waals surface area contributed by atoms with Crippen LogP contribution in [0, 0.1) is 5.82 Å². The van der Waals surface area contributed by atoms with E-state index >= 15 is 0 Å². The van der Waals surface area contributed by atoms with Crippen molar-refractivity contribution in [1.29, 1.82) is 0 Å². The lowest BCUT2D eigenvalue weighted by atomic mass is 10.1. The molecule has 2 nitrogen and oxygen atoms in total. The summed E-state index contributed by atoms with van der Waals surface area (Å²) in [5.41, 5.74) is 0.644. The first kappa shape index (κ1) is 8.35. The lowest BCUT2D eigenvalue weighted by Crippen LogP contribution is -2.10. The Morgan fingerprint density at radius 1 is 1.46 bits per heavy atom. The Labute approximate surface area is 76.3 Å². The smallest absolute Gasteiger partial charge is 0.171 e. The molecule has 1 aliphatic rings. The molecular formula is C10H11FO2. The van der Waals surface area contributed by atoms with Gasteiger partial charge in [0.05, 0.1) is 13.7 Å². The molecule has 0 atom stereocenters. The third-order valence-corrected chi connectivity index (χ3v) is 2.21. The highest BCUT2D eigenvalue weighted by Gasteiger charge is 2.17. The van der Waals surface area contributed by atoms with Crippen molar-refractivity contribution in [3.63, 3.8) is 0 Å². The highest BCUT2D eigenvalue weighted by molar-refractivity contribution is 5.42. The number of methoxy groups -OCH3 is 1. The van der Waals surface area contributed by atoms with Crippen molar-refractivity contribution in [1.82, 2.24) is 0 Å². The van der Waals surface area contributed by atoms with E-state index in [9.17, 15) is 4.39 Å². The van der Waals surface area contributed by atoms with E-state index in [1.807, 2.05) is 0 Å². The summed E-state index contributed by atoms with van der Waals surface area (Å²) in [6.45, 7) is 0.679. The van der Waals surface area contributed by atoms with E-state index in [1.54, 1.807) is 12.1 Å². The summed E-state index contributed by atoms with van der Waals surface area (Å²) in [6.07, 6.45) is 1.61. The molecule has 0 amide bonds. The second kappa shape index (κ2) is 3.24. The molecule has 1 aromatic carbocycles. The van der Waals surface area contributed by atoms with Gasteiger partial charge < -0.3 is 9.47 Å². The van der Waals surface area contributed by atoms with Crippen LogP contribution in [0.5, 0.6) is 11.5 Å². The summed E-state index contributed by atoms with van der Waals surface area (Å²) in [4.78, 5) is 0. The zero-order valence-electron chi connectivity index (χ0n) is 7.47. The average Bonchev–Trinajstić information content (AvgIpc) is 2.19. The predicted molar refractivity (Wildman–Crippen MR) is 46.8 cm³/mol. The predicted octanol–water partition coefficient (Wildman–Crippen LogP) is 2.16. The Bertz CT molecular complexity index is 323. The summed E-state index contributed by atoms with van der Waals surface area (Å²) < 4.78 is 23.7. The lowest BCUT2D eigenvalue weighted by Gasteiger charge is -2.18. The van der Waals surface area contributed by atoms with Crippen LogP contribution in [0.3, 0.4) is 0 Å². The molecule has 1 aromatic rings. The molecule has 1 aliphatic heterocycles. The minimum Gasteiger partial charge on any atom is -0.494 e. The molecule has 0 aromatic heterocycles. The van der Waals surface area contributed by atoms with Crippen LogP contribution in [0.1, 0.15) is 12.0 Å². The van der Waals surface area contributed by atoms with Crippen molar-refractivity contribution in [2.45, 2.75) is 12.8 Å². The van der Waals surface area contributed by atoms with Gasteiger partial charge in [0.2, 0.25) is 0 Å². The summed E-state index contributed by atoms with van der Waals surface area (Å²) >= 11 is 0. The maximum Gasteiger partial charge on any atom is 0.171 e. The Hall–Kier alpha value is -1.25. The van der Waals surface area contributed by atoms with E-state index in [1.165, 1.54) is 7.11 Å². The Kier molecular flexibility index (Phi) is 2.08. The second-order valence-electron chi connectivity index (χ2n) is 3.01. The minimum atomic E-state index is -0.278. The first-order chi connectivity index (χ1) is 6.33. The van der Waals surface area contributed by atoms with Gasteiger partial charge in [-0.05, 0) is 25.0 Å². The van der Waals surface area contributed by atoms with Crippen molar-refractivity contribution in [2.75, 3.05) is 13.7 Å². The van der Waals surface area contributed by atoms with E-state index in [4.69, 9.17) is 9.47 Å².